The maximum Gasteiger partial charge on any atom is 0.133 e. The zero-order chi connectivity index (χ0) is 9.23. The Morgan fingerprint density at radius 3 is 2.75 bits per heavy atom. The minimum atomic E-state index is 0.359. The Bertz CT molecular complexity index is 139. The monoisotopic (exact) mass is 170 g/mol. The van der Waals surface area contributed by atoms with Crippen LogP contribution in [0.1, 0.15) is 39.0 Å². The van der Waals surface area contributed by atoms with Crippen molar-refractivity contribution in [3.63, 3.8) is 0 Å². The molecule has 0 aliphatic carbocycles. The first kappa shape index (κ1) is 11.2. The van der Waals surface area contributed by atoms with Crippen molar-refractivity contribution in [2.24, 2.45) is 0 Å². The fraction of sp³-hybridized carbons (Fsp3) is 0.700. The van der Waals surface area contributed by atoms with Gasteiger partial charge in [-0.3, -0.25) is 4.79 Å². The summed E-state index contributed by atoms with van der Waals surface area (Å²) in [5.41, 5.74) is 0. The summed E-state index contributed by atoms with van der Waals surface area (Å²) in [5, 5.41) is 0. The van der Waals surface area contributed by atoms with Crippen molar-refractivity contribution < 1.29 is 9.53 Å². The van der Waals surface area contributed by atoms with Gasteiger partial charge in [0.15, 0.2) is 0 Å². The number of rotatable bonds is 7. The lowest BCUT2D eigenvalue weighted by atomic mass is 10.1. The number of carbonyl (C=O) groups is 1. The van der Waals surface area contributed by atoms with Gasteiger partial charge >= 0.3 is 0 Å². The number of allylic oxidation sites excluding steroid dienone is 1. The first-order valence-electron chi connectivity index (χ1n) is 4.50. The molecule has 0 fully saturated rings. The third-order valence-electron chi connectivity index (χ3n) is 1.63. The van der Waals surface area contributed by atoms with Crippen molar-refractivity contribution in [2.75, 3.05) is 7.11 Å². The molecule has 12 heavy (non-hydrogen) atoms. The number of ether oxygens (including phenoxy) is 1. The Morgan fingerprint density at radius 2 is 2.17 bits per heavy atom. The van der Waals surface area contributed by atoms with E-state index in [2.05, 4.69) is 6.92 Å². The lowest BCUT2D eigenvalue weighted by molar-refractivity contribution is -0.119. The van der Waals surface area contributed by atoms with Gasteiger partial charge in [0.2, 0.25) is 0 Å². The molecule has 0 atom stereocenters. The molecular formula is C10H18O2. The molecule has 0 aromatic rings. The largest absolute Gasteiger partial charge is 0.505 e. The molecule has 0 heterocycles. The highest BCUT2D eigenvalue weighted by Gasteiger charge is 1.98. The summed E-state index contributed by atoms with van der Waals surface area (Å²) in [5.74, 6) is 0.359. The van der Waals surface area contributed by atoms with E-state index < -0.39 is 0 Å². The van der Waals surface area contributed by atoms with Crippen LogP contribution in [0.15, 0.2) is 12.3 Å². The quantitative estimate of drug-likeness (QED) is 0.549. The van der Waals surface area contributed by atoms with Gasteiger partial charge in [0.05, 0.1) is 13.4 Å². The lowest BCUT2D eigenvalue weighted by Gasteiger charge is -1.95. The molecule has 0 aromatic heterocycles. The maximum absolute atomic E-state index is 11.1. The third-order valence-corrected chi connectivity index (χ3v) is 1.63. The summed E-state index contributed by atoms with van der Waals surface area (Å²) < 4.78 is 4.71. The van der Waals surface area contributed by atoms with E-state index in [0.29, 0.717) is 12.2 Å². The summed E-state index contributed by atoms with van der Waals surface area (Å²) in [7, 11) is 1.61. The summed E-state index contributed by atoms with van der Waals surface area (Å²) >= 11 is 0. The number of methoxy groups -OCH3 is 1. The van der Waals surface area contributed by atoms with Crippen LogP contribution < -0.4 is 0 Å². The van der Waals surface area contributed by atoms with Crippen molar-refractivity contribution in [2.45, 2.75) is 39.0 Å². The zero-order valence-corrected chi connectivity index (χ0v) is 8.01. The second kappa shape index (κ2) is 8.31. The number of unbranched alkanes of at least 4 members (excludes halogenated alkanes) is 1. The molecular weight excluding hydrogens is 152 g/mol. The number of ketones is 1. The molecule has 0 N–H and O–H groups in total. The number of hydrogen-bond acceptors (Lipinski definition) is 2. The van der Waals surface area contributed by atoms with Gasteiger partial charge in [-0.15, -0.1) is 0 Å². The zero-order valence-electron chi connectivity index (χ0n) is 8.01. The summed E-state index contributed by atoms with van der Waals surface area (Å²) in [6.07, 6.45) is 7.80. The summed E-state index contributed by atoms with van der Waals surface area (Å²) in [4.78, 5) is 11.1. The third kappa shape index (κ3) is 7.32. The van der Waals surface area contributed by atoms with E-state index in [0.717, 1.165) is 25.7 Å². The molecule has 2 nitrogen and oxygen atoms in total. The van der Waals surface area contributed by atoms with Crippen LogP contribution in [0.3, 0.4) is 0 Å². The molecule has 70 valence electrons. The smallest absolute Gasteiger partial charge is 0.133 e. The van der Waals surface area contributed by atoms with Gasteiger partial charge in [0.1, 0.15) is 5.78 Å². The van der Waals surface area contributed by atoms with Crippen molar-refractivity contribution in [3.05, 3.63) is 12.3 Å². The Labute approximate surface area is 74.6 Å². The summed E-state index contributed by atoms with van der Waals surface area (Å²) in [6.45, 7) is 2.10. The van der Waals surface area contributed by atoms with Crippen molar-refractivity contribution in [1.29, 1.82) is 0 Å². The predicted molar refractivity (Wildman–Crippen MR) is 49.9 cm³/mol. The summed E-state index contributed by atoms with van der Waals surface area (Å²) in [6, 6.07) is 0. The SMILES string of the molecule is CCCCC(=O)CCC=COC. The second-order valence-corrected chi connectivity index (χ2v) is 2.79. The van der Waals surface area contributed by atoms with Crippen LogP contribution in [0, 0.1) is 0 Å². The van der Waals surface area contributed by atoms with Gasteiger partial charge in [0, 0.05) is 12.8 Å². The van der Waals surface area contributed by atoms with Crippen molar-refractivity contribution in [3.8, 4) is 0 Å². The first-order valence-corrected chi connectivity index (χ1v) is 4.50. The maximum atomic E-state index is 11.1. The molecule has 0 bridgehead atoms. The highest BCUT2D eigenvalue weighted by molar-refractivity contribution is 5.78. The van der Waals surface area contributed by atoms with Gasteiger partial charge < -0.3 is 4.74 Å². The fourth-order valence-corrected chi connectivity index (χ4v) is 0.908. The van der Waals surface area contributed by atoms with Crippen molar-refractivity contribution in [1.82, 2.24) is 0 Å². The molecule has 0 rings (SSSR count). The normalized spacial score (nSPS) is 10.5. The van der Waals surface area contributed by atoms with Crippen LogP contribution in [-0.2, 0) is 9.53 Å². The molecule has 0 spiro atoms. The fourth-order valence-electron chi connectivity index (χ4n) is 0.908. The minimum Gasteiger partial charge on any atom is -0.505 e. The first-order chi connectivity index (χ1) is 5.81. The van der Waals surface area contributed by atoms with Gasteiger partial charge in [-0.1, -0.05) is 13.3 Å². The van der Waals surface area contributed by atoms with Crippen LogP contribution in [0.4, 0.5) is 0 Å². The lowest BCUT2D eigenvalue weighted by Crippen LogP contribution is -1.95. The van der Waals surface area contributed by atoms with E-state index in [-0.39, 0.29) is 0 Å². The average molecular weight is 170 g/mol. The molecule has 0 saturated carbocycles. The van der Waals surface area contributed by atoms with Gasteiger partial charge in [-0.25, -0.2) is 0 Å². The molecule has 0 aromatic carbocycles. The highest BCUT2D eigenvalue weighted by Crippen LogP contribution is 2.01. The Morgan fingerprint density at radius 1 is 1.42 bits per heavy atom. The van der Waals surface area contributed by atoms with Gasteiger partial charge in [-0.05, 0) is 18.9 Å². The number of Topliss-reactive ketones (excluding diaryl/α,β-unsaturated/α-hetero) is 1. The number of carbonyl (C=O) groups excluding carboxylic acids is 1. The van der Waals surface area contributed by atoms with E-state index in [1.807, 2.05) is 6.08 Å². The Hall–Kier alpha value is -0.790. The van der Waals surface area contributed by atoms with Crippen LogP contribution in [0.5, 0.6) is 0 Å². The van der Waals surface area contributed by atoms with Gasteiger partial charge in [0.25, 0.3) is 0 Å². The Balaban J connectivity index is 3.25. The molecule has 0 radical (unpaired) electrons. The minimum absolute atomic E-state index is 0.359. The van der Waals surface area contributed by atoms with Gasteiger partial charge in [-0.2, -0.15) is 0 Å². The topological polar surface area (TPSA) is 26.3 Å². The molecule has 0 aliphatic heterocycles. The molecule has 0 saturated heterocycles. The van der Waals surface area contributed by atoms with E-state index >= 15 is 0 Å². The Kier molecular flexibility index (Phi) is 7.76. The predicted octanol–water partition coefficient (Wildman–Crippen LogP) is 2.69. The van der Waals surface area contributed by atoms with Crippen molar-refractivity contribution >= 4 is 5.78 Å². The van der Waals surface area contributed by atoms with Crippen LogP contribution in [-0.4, -0.2) is 12.9 Å². The van der Waals surface area contributed by atoms with E-state index in [4.69, 9.17) is 4.74 Å². The van der Waals surface area contributed by atoms with E-state index in [9.17, 15) is 4.79 Å². The standard InChI is InChI=1S/C10H18O2/c1-3-4-7-10(11)8-5-6-9-12-2/h6,9H,3-5,7-8H2,1-2H3. The van der Waals surface area contributed by atoms with Crippen LogP contribution in [0.2, 0.25) is 0 Å². The molecule has 2 heteroatoms. The average Bonchev–Trinajstić information content (AvgIpc) is 2.09. The highest BCUT2D eigenvalue weighted by atomic mass is 16.5. The second-order valence-electron chi connectivity index (χ2n) is 2.79. The number of hydrogen-bond donors (Lipinski definition) is 0. The molecule has 0 unspecified atom stereocenters. The molecule has 0 amide bonds. The van der Waals surface area contributed by atoms with Crippen LogP contribution >= 0.6 is 0 Å². The molecule has 0 aliphatic rings. The van der Waals surface area contributed by atoms with E-state index in [1.54, 1.807) is 13.4 Å². The van der Waals surface area contributed by atoms with Crippen LogP contribution in [0.25, 0.3) is 0 Å². The van der Waals surface area contributed by atoms with E-state index in [1.165, 1.54) is 0 Å².